The van der Waals surface area contributed by atoms with Gasteiger partial charge in [-0.05, 0) is 19.1 Å². The maximum atomic E-state index is 11.7. The van der Waals surface area contributed by atoms with Crippen molar-refractivity contribution < 1.29 is 0 Å². The molecule has 0 amide bonds. The van der Waals surface area contributed by atoms with Crippen molar-refractivity contribution in [3.8, 4) is 6.07 Å². The SMILES string of the molecule is CSC1CCCC1n1cc(C#N)c(=O)[nH]c1=O. The van der Waals surface area contributed by atoms with Crippen LogP contribution in [0.3, 0.4) is 0 Å². The van der Waals surface area contributed by atoms with E-state index in [0.717, 1.165) is 19.3 Å². The van der Waals surface area contributed by atoms with Crippen molar-refractivity contribution in [2.45, 2.75) is 30.6 Å². The number of nitrogens with one attached hydrogen (secondary N) is 1. The lowest BCUT2D eigenvalue weighted by Crippen LogP contribution is -2.35. The zero-order chi connectivity index (χ0) is 12.4. The summed E-state index contributed by atoms with van der Waals surface area (Å²) in [6.45, 7) is 0. The first kappa shape index (κ1) is 12.0. The number of thioether (sulfide) groups is 1. The molecule has 0 aromatic carbocycles. The number of nitrogens with zero attached hydrogens (tertiary/aromatic N) is 2. The predicted octanol–water partition coefficient (Wildman–Crippen LogP) is 0.865. The molecular formula is C11H13N3O2S. The average molecular weight is 251 g/mol. The molecule has 1 aromatic heterocycles. The Morgan fingerprint density at radius 3 is 2.94 bits per heavy atom. The fourth-order valence-electron chi connectivity index (χ4n) is 2.31. The minimum atomic E-state index is -0.604. The van der Waals surface area contributed by atoms with Gasteiger partial charge in [0.2, 0.25) is 0 Å². The van der Waals surface area contributed by atoms with Crippen LogP contribution < -0.4 is 11.2 Å². The molecule has 1 saturated carbocycles. The molecule has 6 heteroatoms. The summed E-state index contributed by atoms with van der Waals surface area (Å²) in [5, 5.41) is 9.19. The summed E-state index contributed by atoms with van der Waals surface area (Å²) >= 11 is 1.73. The van der Waals surface area contributed by atoms with Crippen LogP contribution in [0.5, 0.6) is 0 Å². The van der Waals surface area contributed by atoms with E-state index in [1.807, 2.05) is 12.3 Å². The smallest absolute Gasteiger partial charge is 0.295 e. The van der Waals surface area contributed by atoms with Crippen LogP contribution in [0, 0.1) is 11.3 Å². The van der Waals surface area contributed by atoms with Gasteiger partial charge in [0, 0.05) is 11.4 Å². The van der Waals surface area contributed by atoms with E-state index in [1.165, 1.54) is 10.8 Å². The Bertz CT molecular complexity index is 569. The first-order chi connectivity index (χ1) is 8.17. The van der Waals surface area contributed by atoms with Gasteiger partial charge in [0.25, 0.3) is 5.56 Å². The van der Waals surface area contributed by atoms with Crippen LogP contribution >= 0.6 is 11.8 Å². The lowest BCUT2D eigenvalue weighted by atomic mass is 10.2. The van der Waals surface area contributed by atoms with E-state index in [-0.39, 0.29) is 11.6 Å². The van der Waals surface area contributed by atoms with Gasteiger partial charge in [0.05, 0.1) is 6.04 Å². The van der Waals surface area contributed by atoms with Gasteiger partial charge in [-0.3, -0.25) is 14.3 Å². The molecule has 1 fully saturated rings. The minimum Gasteiger partial charge on any atom is -0.295 e. The van der Waals surface area contributed by atoms with Crippen molar-refractivity contribution in [3.05, 3.63) is 32.6 Å². The Balaban J connectivity index is 2.49. The number of aromatic nitrogens is 2. The molecule has 1 aromatic rings. The largest absolute Gasteiger partial charge is 0.328 e. The lowest BCUT2D eigenvalue weighted by Gasteiger charge is -2.19. The third-order valence-electron chi connectivity index (χ3n) is 3.17. The van der Waals surface area contributed by atoms with Crippen molar-refractivity contribution in [2.24, 2.45) is 0 Å². The van der Waals surface area contributed by atoms with Gasteiger partial charge in [0.15, 0.2) is 0 Å². The molecule has 2 atom stereocenters. The summed E-state index contributed by atoms with van der Waals surface area (Å²) < 4.78 is 1.51. The Hall–Kier alpha value is -1.48. The molecule has 0 aliphatic heterocycles. The normalized spacial score (nSPS) is 23.5. The van der Waals surface area contributed by atoms with E-state index in [0.29, 0.717) is 5.25 Å². The fraction of sp³-hybridized carbons (Fsp3) is 0.545. The molecule has 1 aliphatic carbocycles. The Morgan fingerprint density at radius 2 is 2.29 bits per heavy atom. The first-order valence-corrected chi connectivity index (χ1v) is 6.74. The standard InChI is InChI=1S/C11H13N3O2S/c1-17-9-4-2-3-8(9)14-6-7(5-12)10(15)13-11(14)16/h6,8-9H,2-4H2,1H3,(H,13,15,16). The molecule has 2 rings (SSSR count). The van der Waals surface area contributed by atoms with Crippen LogP contribution in [0.25, 0.3) is 0 Å². The van der Waals surface area contributed by atoms with Crippen LogP contribution in [0.2, 0.25) is 0 Å². The quantitative estimate of drug-likeness (QED) is 0.845. The molecule has 0 spiro atoms. The maximum Gasteiger partial charge on any atom is 0.328 e. The van der Waals surface area contributed by atoms with Crippen molar-refractivity contribution >= 4 is 11.8 Å². The van der Waals surface area contributed by atoms with Crippen LogP contribution in [0.15, 0.2) is 15.8 Å². The Kier molecular flexibility index (Phi) is 3.38. The summed E-state index contributed by atoms with van der Waals surface area (Å²) in [6.07, 6.45) is 6.47. The predicted molar refractivity (Wildman–Crippen MR) is 66.2 cm³/mol. The highest BCUT2D eigenvalue weighted by molar-refractivity contribution is 7.99. The topological polar surface area (TPSA) is 78.7 Å². The molecule has 2 unspecified atom stereocenters. The van der Waals surface area contributed by atoms with E-state index < -0.39 is 11.2 Å². The Labute approximate surface area is 102 Å². The number of hydrogen-bond donors (Lipinski definition) is 1. The number of rotatable bonds is 2. The van der Waals surface area contributed by atoms with Gasteiger partial charge >= 0.3 is 5.69 Å². The summed E-state index contributed by atoms with van der Waals surface area (Å²) in [5.74, 6) is 0. The lowest BCUT2D eigenvalue weighted by molar-refractivity contribution is 0.499. The monoisotopic (exact) mass is 251 g/mol. The van der Waals surface area contributed by atoms with Crippen LogP contribution in [-0.2, 0) is 0 Å². The third-order valence-corrected chi connectivity index (χ3v) is 4.32. The second-order valence-electron chi connectivity index (χ2n) is 4.09. The Morgan fingerprint density at radius 1 is 1.53 bits per heavy atom. The summed E-state index contributed by atoms with van der Waals surface area (Å²) in [4.78, 5) is 25.2. The maximum absolute atomic E-state index is 11.7. The van der Waals surface area contributed by atoms with E-state index in [1.54, 1.807) is 11.8 Å². The van der Waals surface area contributed by atoms with Crippen LogP contribution in [0.4, 0.5) is 0 Å². The number of hydrogen-bond acceptors (Lipinski definition) is 4. The van der Waals surface area contributed by atoms with Gasteiger partial charge < -0.3 is 0 Å². The zero-order valence-corrected chi connectivity index (χ0v) is 10.3. The van der Waals surface area contributed by atoms with Gasteiger partial charge in [-0.25, -0.2) is 4.79 Å². The fourth-order valence-corrected chi connectivity index (χ4v) is 3.29. The highest BCUT2D eigenvalue weighted by Gasteiger charge is 2.29. The number of H-pyrrole nitrogens is 1. The first-order valence-electron chi connectivity index (χ1n) is 5.45. The summed E-state index contributed by atoms with van der Waals surface area (Å²) in [5.41, 5.74) is -1.02. The third kappa shape index (κ3) is 2.15. The second kappa shape index (κ2) is 4.80. The van der Waals surface area contributed by atoms with Crippen molar-refractivity contribution in [1.82, 2.24) is 9.55 Å². The molecule has 0 bridgehead atoms. The highest BCUT2D eigenvalue weighted by atomic mass is 32.2. The second-order valence-corrected chi connectivity index (χ2v) is 5.17. The van der Waals surface area contributed by atoms with Crippen molar-refractivity contribution in [1.29, 1.82) is 5.26 Å². The van der Waals surface area contributed by atoms with E-state index in [4.69, 9.17) is 5.26 Å². The average Bonchev–Trinajstić information content (AvgIpc) is 2.77. The van der Waals surface area contributed by atoms with E-state index in [2.05, 4.69) is 4.98 Å². The molecule has 5 nitrogen and oxygen atoms in total. The molecule has 1 heterocycles. The molecule has 0 saturated heterocycles. The summed E-state index contributed by atoms with van der Waals surface area (Å²) in [6, 6.07) is 1.89. The molecule has 1 aliphatic rings. The summed E-state index contributed by atoms with van der Waals surface area (Å²) in [7, 11) is 0. The van der Waals surface area contributed by atoms with E-state index in [9.17, 15) is 9.59 Å². The van der Waals surface area contributed by atoms with Gasteiger partial charge in [-0.2, -0.15) is 17.0 Å². The van der Waals surface area contributed by atoms with Crippen molar-refractivity contribution in [3.63, 3.8) is 0 Å². The number of aromatic amines is 1. The van der Waals surface area contributed by atoms with Crippen molar-refractivity contribution in [2.75, 3.05) is 6.26 Å². The molecule has 90 valence electrons. The zero-order valence-electron chi connectivity index (χ0n) is 9.47. The highest BCUT2D eigenvalue weighted by Crippen LogP contribution is 2.36. The molecule has 1 N–H and O–H groups in total. The van der Waals surface area contributed by atoms with Gasteiger partial charge in [-0.1, -0.05) is 6.42 Å². The van der Waals surface area contributed by atoms with Gasteiger partial charge in [0.1, 0.15) is 11.6 Å². The number of nitriles is 1. The minimum absolute atomic E-state index is 0.00338. The molecule has 0 radical (unpaired) electrons. The molecular weight excluding hydrogens is 238 g/mol. The van der Waals surface area contributed by atoms with Crippen LogP contribution in [0.1, 0.15) is 30.9 Å². The molecule has 17 heavy (non-hydrogen) atoms. The van der Waals surface area contributed by atoms with E-state index >= 15 is 0 Å². The van der Waals surface area contributed by atoms with Crippen LogP contribution in [-0.4, -0.2) is 21.1 Å². The van der Waals surface area contributed by atoms with Gasteiger partial charge in [-0.15, -0.1) is 0 Å².